The van der Waals surface area contributed by atoms with Crippen molar-refractivity contribution in [1.82, 2.24) is 14.7 Å². The summed E-state index contributed by atoms with van der Waals surface area (Å²) >= 11 is 0. The van der Waals surface area contributed by atoms with E-state index in [1.54, 1.807) is 10.9 Å². The van der Waals surface area contributed by atoms with Crippen molar-refractivity contribution in [3.05, 3.63) is 18.5 Å². The van der Waals surface area contributed by atoms with Gasteiger partial charge in [0.2, 0.25) is 5.91 Å². The lowest BCUT2D eigenvalue weighted by molar-refractivity contribution is -0.135. The Labute approximate surface area is 96.2 Å². The number of carbonyl (C=O) groups excluding carboxylic acids is 1. The van der Waals surface area contributed by atoms with Crippen molar-refractivity contribution in [3.63, 3.8) is 0 Å². The van der Waals surface area contributed by atoms with E-state index in [0.29, 0.717) is 0 Å². The first-order chi connectivity index (χ1) is 7.68. The second-order valence-corrected chi connectivity index (χ2v) is 4.67. The van der Waals surface area contributed by atoms with Crippen LogP contribution in [0.5, 0.6) is 0 Å². The fourth-order valence-electron chi connectivity index (χ4n) is 2.12. The van der Waals surface area contributed by atoms with Crippen LogP contribution in [-0.2, 0) is 4.79 Å². The van der Waals surface area contributed by atoms with Crippen molar-refractivity contribution in [2.75, 3.05) is 13.1 Å². The van der Waals surface area contributed by atoms with Gasteiger partial charge in [-0.1, -0.05) is 6.92 Å². The Bertz CT molecular complexity index is 339. The molecule has 1 amide bonds. The summed E-state index contributed by atoms with van der Waals surface area (Å²) in [6.07, 6.45) is 5.80. The Kier molecular flexibility index (Phi) is 3.27. The van der Waals surface area contributed by atoms with Gasteiger partial charge in [0.1, 0.15) is 6.04 Å². The molecule has 1 saturated heterocycles. The Morgan fingerprint density at radius 2 is 2.12 bits per heavy atom. The molecule has 0 aromatic carbocycles. The van der Waals surface area contributed by atoms with E-state index in [1.807, 2.05) is 24.1 Å². The van der Waals surface area contributed by atoms with E-state index in [-0.39, 0.29) is 11.9 Å². The maximum absolute atomic E-state index is 12.2. The molecule has 1 aliphatic rings. The number of hydrogen-bond donors (Lipinski definition) is 0. The lowest BCUT2D eigenvalue weighted by atomic mass is 9.99. The van der Waals surface area contributed by atoms with Crippen LogP contribution in [0.25, 0.3) is 0 Å². The Morgan fingerprint density at radius 1 is 1.44 bits per heavy atom. The number of nitrogens with zero attached hydrogens (tertiary/aromatic N) is 3. The zero-order chi connectivity index (χ0) is 11.5. The van der Waals surface area contributed by atoms with Crippen LogP contribution in [0.3, 0.4) is 0 Å². The predicted octanol–water partition coefficient (Wildman–Crippen LogP) is 1.70. The smallest absolute Gasteiger partial charge is 0.247 e. The zero-order valence-corrected chi connectivity index (χ0v) is 9.97. The average molecular weight is 221 g/mol. The number of hydrogen-bond acceptors (Lipinski definition) is 2. The molecule has 1 aromatic rings. The van der Waals surface area contributed by atoms with Gasteiger partial charge < -0.3 is 4.90 Å². The van der Waals surface area contributed by atoms with Crippen LogP contribution >= 0.6 is 0 Å². The minimum Gasteiger partial charge on any atom is -0.341 e. The lowest BCUT2D eigenvalue weighted by Gasteiger charge is -2.32. The van der Waals surface area contributed by atoms with E-state index in [0.717, 1.165) is 31.8 Å². The van der Waals surface area contributed by atoms with Crippen LogP contribution < -0.4 is 0 Å². The van der Waals surface area contributed by atoms with Crippen molar-refractivity contribution in [3.8, 4) is 0 Å². The molecule has 1 unspecified atom stereocenters. The minimum atomic E-state index is -0.177. The van der Waals surface area contributed by atoms with Gasteiger partial charge in [-0.2, -0.15) is 5.10 Å². The quantitative estimate of drug-likeness (QED) is 0.762. The van der Waals surface area contributed by atoms with Gasteiger partial charge in [0.05, 0.1) is 0 Å². The second kappa shape index (κ2) is 4.68. The zero-order valence-electron chi connectivity index (χ0n) is 9.97. The molecule has 0 bridgehead atoms. The molecule has 4 nitrogen and oxygen atoms in total. The third-order valence-corrected chi connectivity index (χ3v) is 3.37. The summed E-state index contributed by atoms with van der Waals surface area (Å²) in [6.45, 7) is 5.95. The highest BCUT2D eigenvalue weighted by Gasteiger charge is 2.25. The van der Waals surface area contributed by atoms with Gasteiger partial charge in [0.25, 0.3) is 0 Å². The fraction of sp³-hybridized carbons (Fsp3) is 0.667. The molecule has 0 N–H and O–H groups in total. The molecule has 1 fully saturated rings. The molecule has 1 atom stereocenters. The number of amides is 1. The van der Waals surface area contributed by atoms with Gasteiger partial charge >= 0.3 is 0 Å². The molecule has 88 valence electrons. The Balaban J connectivity index is 1.97. The van der Waals surface area contributed by atoms with Gasteiger partial charge in [-0.05, 0) is 31.7 Å². The summed E-state index contributed by atoms with van der Waals surface area (Å²) in [5.74, 6) is 0.944. The monoisotopic (exact) mass is 221 g/mol. The molecule has 1 aliphatic heterocycles. The summed E-state index contributed by atoms with van der Waals surface area (Å²) in [5.41, 5.74) is 0. The first-order valence-electron chi connectivity index (χ1n) is 5.96. The maximum Gasteiger partial charge on any atom is 0.247 e. The van der Waals surface area contributed by atoms with Crippen LogP contribution in [0, 0.1) is 5.92 Å². The molecular weight excluding hydrogens is 202 g/mol. The van der Waals surface area contributed by atoms with E-state index in [9.17, 15) is 4.79 Å². The molecule has 0 aliphatic carbocycles. The van der Waals surface area contributed by atoms with Gasteiger partial charge in [-0.3, -0.25) is 9.48 Å². The molecule has 0 saturated carbocycles. The van der Waals surface area contributed by atoms with E-state index < -0.39 is 0 Å². The first-order valence-corrected chi connectivity index (χ1v) is 5.96. The number of piperidine rings is 1. The average Bonchev–Trinajstić information content (AvgIpc) is 2.81. The van der Waals surface area contributed by atoms with E-state index in [4.69, 9.17) is 0 Å². The van der Waals surface area contributed by atoms with Crippen molar-refractivity contribution in [2.45, 2.75) is 32.7 Å². The standard InChI is InChI=1S/C12H19N3O/c1-10-4-8-14(9-5-10)12(16)11(2)15-7-3-6-13-15/h3,6-7,10-11H,4-5,8-9H2,1-2H3. The third-order valence-electron chi connectivity index (χ3n) is 3.37. The molecule has 2 heterocycles. The van der Waals surface area contributed by atoms with Crippen molar-refractivity contribution in [2.24, 2.45) is 5.92 Å². The normalized spacial score (nSPS) is 19.8. The Hall–Kier alpha value is -1.32. The number of aromatic nitrogens is 2. The highest BCUT2D eigenvalue weighted by atomic mass is 16.2. The number of carbonyl (C=O) groups is 1. The summed E-state index contributed by atoms with van der Waals surface area (Å²) < 4.78 is 1.72. The largest absolute Gasteiger partial charge is 0.341 e. The molecule has 0 radical (unpaired) electrons. The summed E-state index contributed by atoms with van der Waals surface area (Å²) in [4.78, 5) is 14.1. The second-order valence-electron chi connectivity index (χ2n) is 4.67. The van der Waals surface area contributed by atoms with Crippen LogP contribution in [-0.4, -0.2) is 33.7 Å². The van der Waals surface area contributed by atoms with Gasteiger partial charge in [0.15, 0.2) is 0 Å². The topological polar surface area (TPSA) is 38.1 Å². The van der Waals surface area contributed by atoms with Gasteiger partial charge in [-0.15, -0.1) is 0 Å². The van der Waals surface area contributed by atoms with E-state index in [2.05, 4.69) is 12.0 Å². The molecule has 4 heteroatoms. The van der Waals surface area contributed by atoms with Gasteiger partial charge in [-0.25, -0.2) is 0 Å². The molecular formula is C12H19N3O. The van der Waals surface area contributed by atoms with Crippen molar-refractivity contribution >= 4 is 5.91 Å². The number of likely N-dealkylation sites (tertiary alicyclic amines) is 1. The molecule has 16 heavy (non-hydrogen) atoms. The molecule has 2 rings (SSSR count). The SMILES string of the molecule is CC1CCN(C(=O)C(C)n2cccn2)CC1. The summed E-state index contributed by atoms with van der Waals surface area (Å²) in [5, 5.41) is 4.12. The van der Waals surface area contributed by atoms with Crippen molar-refractivity contribution in [1.29, 1.82) is 0 Å². The van der Waals surface area contributed by atoms with Gasteiger partial charge in [0, 0.05) is 25.5 Å². The summed E-state index contributed by atoms with van der Waals surface area (Å²) in [7, 11) is 0. The molecule has 0 spiro atoms. The third kappa shape index (κ3) is 2.26. The van der Waals surface area contributed by atoms with Crippen LogP contribution in [0.15, 0.2) is 18.5 Å². The predicted molar refractivity (Wildman–Crippen MR) is 61.9 cm³/mol. The Morgan fingerprint density at radius 3 is 2.69 bits per heavy atom. The fourth-order valence-corrected chi connectivity index (χ4v) is 2.12. The van der Waals surface area contributed by atoms with E-state index in [1.165, 1.54) is 0 Å². The van der Waals surface area contributed by atoms with Crippen LogP contribution in [0.1, 0.15) is 32.7 Å². The lowest BCUT2D eigenvalue weighted by Crippen LogP contribution is -2.41. The minimum absolute atomic E-state index is 0.177. The van der Waals surface area contributed by atoms with Crippen LogP contribution in [0.2, 0.25) is 0 Å². The maximum atomic E-state index is 12.2. The van der Waals surface area contributed by atoms with Crippen LogP contribution in [0.4, 0.5) is 0 Å². The molecule has 1 aromatic heterocycles. The highest BCUT2D eigenvalue weighted by molar-refractivity contribution is 5.80. The first kappa shape index (κ1) is 11.2. The number of rotatable bonds is 2. The summed E-state index contributed by atoms with van der Waals surface area (Å²) in [6, 6.07) is 1.67. The van der Waals surface area contributed by atoms with Crippen molar-refractivity contribution < 1.29 is 4.79 Å². The van der Waals surface area contributed by atoms with E-state index >= 15 is 0 Å². The highest BCUT2D eigenvalue weighted by Crippen LogP contribution is 2.19.